The van der Waals surface area contributed by atoms with E-state index in [0.717, 1.165) is 6.42 Å². The van der Waals surface area contributed by atoms with Gasteiger partial charge in [0.1, 0.15) is 0 Å². The third kappa shape index (κ3) is 4.04. The predicted molar refractivity (Wildman–Crippen MR) is 76.0 cm³/mol. The molecule has 1 heterocycles. The van der Waals surface area contributed by atoms with Crippen molar-refractivity contribution in [2.45, 2.75) is 77.6 Å². The highest BCUT2D eigenvalue weighted by molar-refractivity contribution is 7.86. The zero-order valence-electron chi connectivity index (χ0n) is 12.8. The van der Waals surface area contributed by atoms with Gasteiger partial charge in [-0.15, -0.1) is 0 Å². The molecule has 0 aromatic rings. The molecule has 0 aromatic carbocycles. The first-order valence-corrected chi connectivity index (χ1v) is 8.13. The molecular weight excluding hydrogens is 248 g/mol. The normalized spacial score (nSPS) is 34.3. The molecule has 18 heavy (non-hydrogen) atoms. The molecule has 4 atom stereocenters. The molecule has 3 nitrogen and oxygen atoms in total. The maximum Gasteiger partial charge on any atom is 0.163 e. The quantitative estimate of drug-likeness (QED) is 0.794. The summed E-state index contributed by atoms with van der Waals surface area (Å²) in [5.74, 6) is 0.308. The van der Waals surface area contributed by atoms with Crippen LogP contribution in [-0.2, 0) is 20.3 Å². The molecule has 1 aliphatic rings. The van der Waals surface area contributed by atoms with Crippen LogP contribution in [0.25, 0.3) is 0 Å². The van der Waals surface area contributed by atoms with Gasteiger partial charge in [-0.3, -0.25) is 4.21 Å². The van der Waals surface area contributed by atoms with Crippen LogP contribution in [0.4, 0.5) is 0 Å². The number of hydrogen-bond donors (Lipinski definition) is 0. The zero-order valence-corrected chi connectivity index (χ0v) is 13.6. The minimum absolute atomic E-state index is 0.0127. The predicted octanol–water partition coefficient (Wildman–Crippen LogP) is 3.10. The van der Waals surface area contributed by atoms with E-state index in [-0.39, 0.29) is 22.9 Å². The van der Waals surface area contributed by atoms with Crippen LogP contribution >= 0.6 is 0 Å². The van der Waals surface area contributed by atoms with E-state index in [1.54, 1.807) is 0 Å². The Bertz CT molecular complexity index is 307. The lowest BCUT2D eigenvalue weighted by atomic mass is 9.95. The van der Waals surface area contributed by atoms with Crippen LogP contribution in [0.5, 0.6) is 0 Å². The Morgan fingerprint density at radius 2 is 1.67 bits per heavy atom. The van der Waals surface area contributed by atoms with Gasteiger partial charge in [0.05, 0.1) is 18.0 Å². The van der Waals surface area contributed by atoms with Crippen LogP contribution < -0.4 is 0 Å². The Labute approximate surface area is 114 Å². The Kier molecular flexibility index (Phi) is 5.01. The van der Waals surface area contributed by atoms with E-state index in [4.69, 9.17) is 9.47 Å². The van der Waals surface area contributed by atoms with Crippen LogP contribution in [0.2, 0.25) is 0 Å². The van der Waals surface area contributed by atoms with Crippen molar-refractivity contribution in [1.29, 1.82) is 0 Å². The van der Waals surface area contributed by atoms with Crippen LogP contribution in [0.1, 0.15) is 54.9 Å². The molecule has 1 fully saturated rings. The van der Waals surface area contributed by atoms with Gasteiger partial charge < -0.3 is 9.47 Å². The van der Waals surface area contributed by atoms with Gasteiger partial charge in [0.25, 0.3) is 0 Å². The lowest BCUT2D eigenvalue weighted by Gasteiger charge is -2.45. The highest BCUT2D eigenvalue weighted by atomic mass is 32.2. The summed E-state index contributed by atoms with van der Waals surface area (Å²) in [5.41, 5.74) is 0. The molecule has 0 aromatic heterocycles. The van der Waals surface area contributed by atoms with E-state index in [0.29, 0.717) is 5.75 Å². The van der Waals surface area contributed by atoms with Crippen LogP contribution in [0, 0.1) is 5.92 Å². The fourth-order valence-electron chi connectivity index (χ4n) is 2.25. The summed E-state index contributed by atoms with van der Waals surface area (Å²) >= 11 is 0. The zero-order chi connectivity index (χ0) is 14.1. The minimum atomic E-state index is -0.886. The maximum atomic E-state index is 12.3. The van der Waals surface area contributed by atoms with Crippen molar-refractivity contribution in [1.82, 2.24) is 0 Å². The number of ether oxygens (including phenoxy) is 2. The van der Waals surface area contributed by atoms with Gasteiger partial charge in [-0.1, -0.05) is 13.8 Å². The van der Waals surface area contributed by atoms with Crippen molar-refractivity contribution < 1.29 is 13.7 Å². The SMILES string of the molecule is CC[C@@H]1OC(C)(C)O[C@@H](C[S@@](=O)C(C)(C)C)[C@@H]1C. The Morgan fingerprint density at radius 1 is 1.17 bits per heavy atom. The molecule has 1 saturated heterocycles. The van der Waals surface area contributed by atoms with Crippen LogP contribution in [0.15, 0.2) is 0 Å². The van der Waals surface area contributed by atoms with Gasteiger partial charge in [0, 0.05) is 21.5 Å². The largest absolute Gasteiger partial charge is 0.347 e. The molecule has 0 radical (unpaired) electrons. The van der Waals surface area contributed by atoms with Crippen molar-refractivity contribution in [2.75, 3.05) is 5.75 Å². The lowest BCUT2D eigenvalue weighted by molar-refractivity contribution is -0.314. The van der Waals surface area contributed by atoms with Crippen LogP contribution in [-0.4, -0.2) is 32.7 Å². The number of hydrogen-bond acceptors (Lipinski definition) is 3. The molecule has 0 N–H and O–H groups in total. The highest BCUT2D eigenvalue weighted by Crippen LogP contribution is 2.33. The number of rotatable bonds is 3. The van der Waals surface area contributed by atoms with E-state index in [1.165, 1.54) is 0 Å². The van der Waals surface area contributed by atoms with Crippen molar-refractivity contribution in [3.05, 3.63) is 0 Å². The first-order chi connectivity index (χ1) is 8.07. The van der Waals surface area contributed by atoms with Crippen molar-refractivity contribution in [2.24, 2.45) is 5.92 Å². The lowest BCUT2D eigenvalue weighted by Crippen LogP contribution is -2.52. The first-order valence-electron chi connectivity index (χ1n) is 6.81. The molecule has 0 spiro atoms. The maximum absolute atomic E-state index is 12.3. The van der Waals surface area contributed by atoms with E-state index in [2.05, 4.69) is 13.8 Å². The molecular formula is C14H28O3S. The Balaban J connectivity index is 2.77. The topological polar surface area (TPSA) is 35.5 Å². The summed E-state index contributed by atoms with van der Waals surface area (Å²) in [6.07, 6.45) is 1.17. The van der Waals surface area contributed by atoms with Gasteiger partial charge >= 0.3 is 0 Å². The second-order valence-electron chi connectivity index (χ2n) is 6.60. The molecule has 1 aliphatic heterocycles. The molecule has 1 rings (SSSR count). The smallest absolute Gasteiger partial charge is 0.163 e. The summed E-state index contributed by atoms with van der Waals surface area (Å²) in [4.78, 5) is 0. The van der Waals surface area contributed by atoms with Gasteiger partial charge in [0.2, 0.25) is 0 Å². The Morgan fingerprint density at radius 3 is 2.11 bits per heavy atom. The molecule has 0 bridgehead atoms. The first kappa shape index (κ1) is 16.1. The Hall–Kier alpha value is 0.0700. The van der Waals surface area contributed by atoms with Crippen molar-refractivity contribution in [3.8, 4) is 0 Å². The molecule has 0 saturated carbocycles. The average Bonchev–Trinajstić information content (AvgIpc) is 2.21. The summed E-state index contributed by atoms with van der Waals surface area (Å²) in [7, 11) is -0.886. The van der Waals surface area contributed by atoms with Gasteiger partial charge in [-0.05, 0) is 41.0 Å². The standard InChI is InChI=1S/C14H28O3S/c1-8-11-10(2)12(17-14(6,7)16-11)9-18(15)13(3,4)5/h10-12H,8-9H2,1-7H3/t10-,11+,12+,18-/m1/s1. The second-order valence-corrected chi connectivity index (χ2v) is 8.85. The highest BCUT2D eigenvalue weighted by Gasteiger charge is 2.41. The fraction of sp³-hybridized carbons (Fsp3) is 1.00. The summed E-state index contributed by atoms with van der Waals surface area (Å²) < 4.78 is 24.0. The van der Waals surface area contributed by atoms with Crippen LogP contribution in [0.3, 0.4) is 0 Å². The molecule has 4 heteroatoms. The third-order valence-corrected chi connectivity index (χ3v) is 5.44. The average molecular weight is 276 g/mol. The monoisotopic (exact) mass is 276 g/mol. The fourth-order valence-corrected chi connectivity index (χ4v) is 3.42. The third-order valence-electron chi connectivity index (χ3n) is 3.44. The van der Waals surface area contributed by atoms with Gasteiger partial charge in [-0.2, -0.15) is 0 Å². The van der Waals surface area contributed by atoms with E-state index < -0.39 is 16.6 Å². The van der Waals surface area contributed by atoms with Crippen molar-refractivity contribution >= 4 is 10.8 Å². The van der Waals surface area contributed by atoms with Crippen molar-refractivity contribution in [3.63, 3.8) is 0 Å². The van der Waals surface area contributed by atoms with E-state index in [1.807, 2.05) is 34.6 Å². The second kappa shape index (κ2) is 5.59. The molecule has 0 unspecified atom stereocenters. The summed E-state index contributed by atoms with van der Waals surface area (Å²) in [6, 6.07) is 0. The van der Waals surface area contributed by atoms with Gasteiger partial charge in [-0.25, -0.2) is 0 Å². The molecule has 0 aliphatic carbocycles. The summed E-state index contributed by atoms with van der Waals surface area (Å²) in [5, 5.41) is 0. The molecule has 108 valence electrons. The van der Waals surface area contributed by atoms with Gasteiger partial charge in [0.15, 0.2) is 5.79 Å². The minimum Gasteiger partial charge on any atom is -0.347 e. The van der Waals surface area contributed by atoms with E-state index in [9.17, 15) is 4.21 Å². The molecule has 0 amide bonds. The van der Waals surface area contributed by atoms with E-state index >= 15 is 0 Å². The summed E-state index contributed by atoms with van der Waals surface area (Å²) in [6.45, 7) is 14.2.